The van der Waals surface area contributed by atoms with Gasteiger partial charge in [-0.2, -0.15) is 0 Å². The van der Waals surface area contributed by atoms with Gasteiger partial charge in [0.25, 0.3) is 0 Å². The lowest BCUT2D eigenvalue weighted by molar-refractivity contribution is 0.116. The molecule has 0 aliphatic carbocycles. The first-order valence-corrected chi connectivity index (χ1v) is 7.63. The van der Waals surface area contributed by atoms with E-state index in [1.807, 2.05) is 60.7 Å². The van der Waals surface area contributed by atoms with Crippen LogP contribution in [-0.2, 0) is 4.74 Å². The first-order valence-electron chi connectivity index (χ1n) is 7.63. The second kappa shape index (κ2) is 7.09. The zero-order valence-electron chi connectivity index (χ0n) is 12.4. The zero-order valence-corrected chi connectivity index (χ0v) is 12.4. The minimum atomic E-state index is -0.132. The topological polar surface area (TPSA) is 41.6 Å². The molecule has 2 aromatic carbocycles. The van der Waals surface area contributed by atoms with Crippen LogP contribution in [0.5, 0.6) is 0 Å². The fourth-order valence-electron chi connectivity index (χ4n) is 2.62. The standard InChI is InChI=1S/C18H20N2O2/c21-18(19-15-8-3-1-4-9-15)20(14-17-12-7-13-22-17)16-10-5-2-6-11-16/h1-6,8-11,17H,7,12-14H2,(H,19,21). The molecule has 0 saturated carbocycles. The summed E-state index contributed by atoms with van der Waals surface area (Å²) in [6.45, 7) is 1.36. The largest absolute Gasteiger partial charge is 0.376 e. The number of para-hydroxylation sites is 2. The van der Waals surface area contributed by atoms with Crippen LogP contribution in [0.25, 0.3) is 0 Å². The summed E-state index contributed by atoms with van der Waals surface area (Å²) in [6.07, 6.45) is 2.18. The van der Waals surface area contributed by atoms with Gasteiger partial charge < -0.3 is 10.1 Å². The number of carbonyl (C=O) groups is 1. The molecule has 4 heteroatoms. The number of hydrogen-bond acceptors (Lipinski definition) is 2. The van der Waals surface area contributed by atoms with Crippen LogP contribution in [0.15, 0.2) is 60.7 Å². The van der Waals surface area contributed by atoms with Crippen molar-refractivity contribution < 1.29 is 9.53 Å². The van der Waals surface area contributed by atoms with Crippen LogP contribution < -0.4 is 10.2 Å². The molecule has 1 fully saturated rings. The van der Waals surface area contributed by atoms with Gasteiger partial charge in [0.05, 0.1) is 12.6 Å². The van der Waals surface area contributed by atoms with Crippen molar-refractivity contribution in [2.75, 3.05) is 23.4 Å². The summed E-state index contributed by atoms with van der Waals surface area (Å²) in [5.74, 6) is 0. The van der Waals surface area contributed by atoms with Crippen molar-refractivity contribution in [2.24, 2.45) is 0 Å². The molecule has 4 nitrogen and oxygen atoms in total. The van der Waals surface area contributed by atoms with Crippen molar-refractivity contribution in [2.45, 2.75) is 18.9 Å². The second-order valence-electron chi connectivity index (χ2n) is 5.38. The number of carbonyl (C=O) groups excluding carboxylic acids is 1. The summed E-state index contributed by atoms with van der Waals surface area (Å²) in [4.78, 5) is 14.4. The van der Waals surface area contributed by atoms with Crippen molar-refractivity contribution in [3.8, 4) is 0 Å². The molecule has 2 amide bonds. The molecule has 0 spiro atoms. The van der Waals surface area contributed by atoms with Gasteiger partial charge in [-0.05, 0) is 37.1 Å². The molecule has 3 rings (SSSR count). The molecule has 1 heterocycles. The quantitative estimate of drug-likeness (QED) is 0.929. The van der Waals surface area contributed by atoms with Crippen LogP contribution in [0.2, 0.25) is 0 Å². The van der Waals surface area contributed by atoms with Crippen LogP contribution in [0.1, 0.15) is 12.8 Å². The highest BCUT2D eigenvalue weighted by Gasteiger charge is 2.23. The predicted octanol–water partition coefficient (Wildman–Crippen LogP) is 3.90. The van der Waals surface area contributed by atoms with Crippen LogP contribution in [0.3, 0.4) is 0 Å². The van der Waals surface area contributed by atoms with E-state index in [1.165, 1.54) is 0 Å². The van der Waals surface area contributed by atoms with E-state index in [-0.39, 0.29) is 12.1 Å². The fourth-order valence-corrected chi connectivity index (χ4v) is 2.62. The number of amides is 2. The summed E-state index contributed by atoms with van der Waals surface area (Å²) in [6, 6.07) is 19.1. The Hall–Kier alpha value is -2.33. The van der Waals surface area contributed by atoms with Gasteiger partial charge >= 0.3 is 6.03 Å². The van der Waals surface area contributed by atoms with Crippen LogP contribution in [0, 0.1) is 0 Å². The molecule has 1 unspecified atom stereocenters. The van der Waals surface area contributed by atoms with Gasteiger partial charge in [0.1, 0.15) is 0 Å². The molecule has 0 bridgehead atoms. The number of rotatable bonds is 4. The average Bonchev–Trinajstić information content (AvgIpc) is 3.07. The van der Waals surface area contributed by atoms with Gasteiger partial charge in [-0.1, -0.05) is 36.4 Å². The maximum Gasteiger partial charge on any atom is 0.326 e. The van der Waals surface area contributed by atoms with Crippen molar-refractivity contribution in [3.05, 3.63) is 60.7 Å². The smallest absolute Gasteiger partial charge is 0.326 e. The van der Waals surface area contributed by atoms with Gasteiger partial charge in [-0.25, -0.2) is 4.79 Å². The molecule has 0 radical (unpaired) electrons. The van der Waals surface area contributed by atoms with E-state index in [4.69, 9.17) is 4.74 Å². The van der Waals surface area contributed by atoms with Crippen LogP contribution in [0.4, 0.5) is 16.2 Å². The van der Waals surface area contributed by atoms with Gasteiger partial charge in [0.2, 0.25) is 0 Å². The number of nitrogens with one attached hydrogen (secondary N) is 1. The Kier molecular flexibility index (Phi) is 4.71. The highest BCUT2D eigenvalue weighted by molar-refractivity contribution is 6.01. The second-order valence-corrected chi connectivity index (χ2v) is 5.38. The SMILES string of the molecule is O=C(Nc1ccccc1)N(CC1CCCO1)c1ccccc1. The first kappa shape index (κ1) is 14.6. The zero-order chi connectivity index (χ0) is 15.2. The third-order valence-corrected chi connectivity index (χ3v) is 3.75. The third kappa shape index (κ3) is 3.65. The van der Waals surface area contributed by atoms with E-state index in [1.54, 1.807) is 4.90 Å². The molecule has 114 valence electrons. The van der Waals surface area contributed by atoms with Crippen molar-refractivity contribution >= 4 is 17.4 Å². The Morgan fingerprint density at radius 3 is 2.41 bits per heavy atom. The molecule has 1 aliphatic rings. The molecule has 1 N–H and O–H groups in total. The average molecular weight is 296 g/mol. The lowest BCUT2D eigenvalue weighted by atomic mass is 10.2. The number of anilines is 2. The molecular formula is C18H20N2O2. The maximum atomic E-state index is 12.7. The maximum absolute atomic E-state index is 12.7. The Bertz CT molecular complexity index is 595. The summed E-state index contributed by atoms with van der Waals surface area (Å²) in [5, 5.41) is 2.95. The van der Waals surface area contributed by atoms with Crippen molar-refractivity contribution in [3.63, 3.8) is 0 Å². The highest BCUT2D eigenvalue weighted by atomic mass is 16.5. The molecule has 1 aliphatic heterocycles. The molecule has 1 atom stereocenters. The third-order valence-electron chi connectivity index (χ3n) is 3.75. The first-order chi connectivity index (χ1) is 10.8. The normalized spacial score (nSPS) is 17.2. The summed E-state index contributed by atoms with van der Waals surface area (Å²) in [5.41, 5.74) is 1.67. The lowest BCUT2D eigenvalue weighted by Crippen LogP contribution is -2.40. The molecule has 22 heavy (non-hydrogen) atoms. The summed E-state index contributed by atoms with van der Waals surface area (Å²) in [7, 11) is 0. The number of ether oxygens (including phenoxy) is 1. The fraction of sp³-hybridized carbons (Fsp3) is 0.278. The minimum Gasteiger partial charge on any atom is -0.376 e. The predicted molar refractivity (Wildman–Crippen MR) is 88.2 cm³/mol. The van der Waals surface area contributed by atoms with E-state index < -0.39 is 0 Å². The number of benzene rings is 2. The van der Waals surface area contributed by atoms with Crippen LogP contribution >= 0.6 is 0 Å². The molecule has 0 aromatic heterocycles. The van der Waals surface area contributed by atoms with Gasteiger partial charge in [-0.3, -0.25) is 4.90 Å². The Labute approximate surface area is 130 Å². The monoisotopic (exact) mass is 296 g/mol. The van der Waals surface area contributed by atoms with Crippen LogP contribution in [-0.4, -0.2) is 25.3 Å². The van der Waals surface area contributed by atoms with Gasteiger partial charge in [-0.15, -0.1) is 0 Å². The minimum absolute atomic E-state index is 0.113. The number of hydrogen-bond donors (Lipinski definition) is 1. The summed E-state index contributed by atoms with van der Waals surface area (Å²) >= 11 is 0. The number of urea groups is 1. The highest BCUT2D eigenvalue weighted by Crippen LogP contribution is 2.20. The van der Waals surface area contributed by atoms with E-state index in [0.29, 0.717) is 6.54 Å². The lowest BCUT2D eigenvalue weighted by Gasteiger charge is -2.25. The van der Waals surface area contributed by atoms with Gasteiger partial charge in [0, 0.05) is 18.0 Å². The Balaban J connectivity index is 1.76. The molecule has 2 aromatic rings. The molecule has 1 saturated heterocycles. The Morgan fingerprint density at radius 2 is 1.77 bits per heavy atom. The van der Waals surface area contributed by atoms with E-state index in [9.17, 15) is 4.79 Å². The van der Waals surface area contributed by atoms with Crippen molar-refractivity contribution in [1.29, 1.82) is 0 Å². The number of nitrogens with zero attached hydrogens (tertiary/aromatic N) is 1. The van der Waals surface area contributed by atoms with Gasteiger partial charge in [0.15, 0.2) is 0 Å². The van der Waals surface area contributed by atoms with E-state index >= 15 is 0 Å². The van der Waals surface area contributed by atoms with E-state index in [2.05, 4.69) is 5.32 Å². The van der Waals surface area contributed by atoms with Crippen molar-refractivity contribution in [1.82, 2.24) is 0 Å². The Morgan fingerprint density at radius 1 is 1.09 bits per heavy atom. The molecular weight excluding hydrogens is 276 g/mol. The summed E-state index contributed by atoms with van der Waals surface area (Å²) < 4.78 is 5.68. The van der Waals surface area contributed by atoms with E-state index in [0.717, 1.165) is 30.8 Å².